The molecule has 7 nitrogen and oxygen atoms in total. The number of sulfonamides is 1. The minimum Gasteiger partial charge on any atom is -0.326 e. The van der Waals surface area contributed by atoms with E-state index in [1.165, 1.54) is 12.1 Å². The third kappa shape index (κ3) is 5.51. The number of amides is 2. The Bertz CT molecular complexity index is 1100. The van der Waals surface area contributed by atoms with Gasteiger partial charge in [0.2, 0.25) is 21.8 Å². The third-order valence-corrected chi connectivity index (χ3v) is 6.79. The van der Waals surface area contributed by atoms with Crippen LogP contribution < -0.4 is 14.9 Å². The van der Waals surface area contributed by atoms with E-state index in [0.29, 0.717) is 12.2 Å². The van der Waals surface area contributed by atoms with Crippen LogP contribution in [0.25, 0.3) is 0 Å². The summed E-state index contributed by atoms with van der Waals surface area (Å²) in [5.74, 6) is -0.815. The van der Waals surface area contributed by atoms with Crippen molar-refractivity contribution in [1.29, 1.82) is 0 Å². The van der Waals surface area contributed by atoms with Crippen molar-refractivity contribution >= 4 is 33.2 Å². The van der Waals surface area contributed by atoms with E-state index in [2.05, 4.69) is 10.0 Å². The summed E-state index contributed by atoms with van der Waals surface area (Å²) in [6.45, 7) is 9.56. The summed E-state index contributed by atoms with van der Waals surface area (Å²) < 4.78 is 27.4. The molecule has 0 aliphatic carbocycles. The molecule has 3 rings (SSSR count). The lowest BCUT2D eigenvalue weighted by molar-refractivity contribution is -0.122. The summed E-state index contributed by atoms with van der Waals surface area (Å²) in [4.78, 5) is 27.0. The Morgan fingerprint density at radius 1 is 1.06 bits per heavy atom. The van der Waals surface area contributed by atoms with Gasteiger partial charge in [-0.25, -0.2) is 13.1 Å². The molecule has 2 amide bonds. The zero-order valence-electron chi connectivity index (χ0n) is 18.5. The molecule has 0 aromatic heterocycles. The van der Waals surface area contributed by atoms with Crippen LogP contribution in [0.1, 0.15) is 38.3 Å². The zero-order valence-corrected chi connectivity index (χ0v) is 19.3. The summed E-state index contributed by atoms with van der Waals surface area (Å²) in [5.41, 5.74) is 2.83. The lowest BCUT2D eigenvalue weighted by atomic mass is 10.1. The molecule has 1 aliphatic rings. The molecule has 8 heteroatoms. The molecular formula is C23H29N3O4S. The van der Waals surface area contributed by atoms with Gasteiger partial charge in [0.1, 0.15) is 0 Å². The maximum absolute atomic E-state index is 12.7. The highest BCUT2D eigenvalue weighted by molar-refractivity contribution is 7.89. The van der Waals surface area contributed by atoms with E-state index >= 15 is 0 Å². The summed E-state index contributed by atoms with van der Waals surface area (Å²) >= 11 is 0. The molecule has 2 N–H and O–H groups in total. The molecule has 1 atom stereocenters. The van der Waals surface area contributed by atoms with Crippen LogP contribution in [0.4, 0.5) is 11.4 Å². The van der Waals surface area contributed by atoms with Gasteiger partial charge in [0.05, 0.1) is 10.8 Å². The summed E-state index contributed by atoms with van der Waals surface area (Å²) in [5, 5.41) is 2.79. The molecule has 1 heterocycles. The molecule has 0 radical (unpaired) electrons. The molecular weight excluding hydrogens is 414 g/mol. The molecule has 166 valence electrons. The smallest absolute Gasteiger partial charge is 0.241 e. The summed E-state index contributed by atoms with van der Waals surface area (Å²) in [6.07, 6.45) is 0.140. The van der Waals surface area contributed by atoms with Gasteiger partial charge in [0, 0.05) is 29.9 Å². The standard InChI is InChI=1S/C23H29N3O4S/c1-15-6-11-20(16(2)12-15)26-14-17(13-21(26)27)22(28)24-18-7-9-19(10-8-18)31(29,30)25-23(3,4)5/h6-12,17,25H,13-14H2,1-5H3,(H,24,28). The van der Waals surface area contributed by atoms with Crippen LogP contribution in [-0.2, 0) is 19.6 Å². The van der Waals surface area contributed by atoms with E-state index in [1.54, 1.807) is 37.8 Å². The Morgan fingerprint density at radius 2 is 1.71 bits per heavy atom. The fraction of sp³-hybridized carbons (Fsp3) is 0.391. The number of nitrogens with zero attached hydrogens (tertiary/aromatic N) is 1. The Kier molecular flexibility index (Phi) is 6.25. The molecule has 1 aliphatic heterocycles. The number of anilines is 2. The summed E-state index contributed by atoms with van der Waals surface area (Å²) in [7, 11) is -3.65. The lowest BCUT2D eigenvalue weighted by Gasteiger charge is -2.20. The first-order valence-electron chi connectivity index (χ1n) is 10.2. The van der Waals surface area contributed by atoms with Crippen LogP contribution in [0.5, 0.6) is 0 Å². The number of hydrogen-bond acceptors (Lipinski definition) is 4. The predicted octanol–water partition coefficient (Wildman–Crippen LogP) is 3.37. The first-order valence-corrected chi connectivity index (χ1v) is 11.7. The number of carbonyl (C=O) groups is 2. The number of aryl methyl sites for hydroxylation is 2. The van der Waals surface area contributed by atoms with Crippen molar-refractivity contribution in [3.63, 3.8) is 0 Å². The van der Waals surface area contributed by atoms with Crippen molar-refractivity contribution in [3.05, 3.63) is 53.6 Å². The van der Waals surface area contributed by atoms with Crippen molar-refractivity contribution < 1.29 is 18.0 Å². The van der Waals surface area contributed by atoms with Crippen molar-refractivity contribution in [2.24, 2.45) is 5.92 Å². The Morgan fingerprint density at radius 3 is 2.29 bits per heavy atom. The van der Waals surface area contributed by atoms with Crippen LogP contribution in [0.15, 0.2) is 47.4 Å². The first-order chi connectivity index (χ1) is 14.4. The van der Waals surface area contributed by atoms with Crippen LogP contribution in [0, 0.1) is 19.8 Å². The number of benzene rings is 2. The third-order valence-electron chi connectivity index (χ3n) is 5.01. The van der Waals surface area contributed by atoms with E-state index in [9.17, 15) is 18.0 Å². The monoisotopic (exact) mass is 443 g/mol. The van der Waals surface area contributed by atoms with Crippen molar-refractivity contribution in [2.45, 2.75) is 51.5 Å². The topological polar surface area (TPSA) is 95.6 Å². The summed E-state index contributed by atoms with van der Waals surface area (Å²) in [6, 6.07) is 11.9. The van der Waals surface area contributed by atoms with Gasteiger partial charge >= 0.3 is 0 Å². The molecule has 2 aromatic carbocycles. The number of hydrogen-bond donors (Lipinski definition) is 2. The Labute approximate surface area is 183 Å². The van der Waals surface area contributed by atoms with Crippen LogP contribution >= 0.6 is 0 Å². The highest BCUT2D eigenvalue weighted by Crippen LogP contribution is 2.29. The van der Waals surface area contributed by atoms with Crippen molar-refractivity contribution in [1.82, 2.24) is 4.72 Å². The molecule has 0 spiro atoms. The van der Waals surface area contributed by atoms with E-state index in [4.69, 9.17) is 0 Å². The highest BCUT2D eigenvalue weighted by Gasteiger charge is 2.35. The Balaban J connectivity index is 1.67. The average molecular weight is 444 g/mol. The van der Waals surface area contributed by atoms with Crippen LogP contribution in [0.3, 0.4) is 0 Å². The van der Waals surface area contributed by atoms with Gasteiger partial charge in [-0.3, -0.25) is 9.59 Å². The second-order valence-corrected chi connectivity index (χ2v) is 10.7. The van der Waals surface area contributed by atoms with Gasteiger partial charge in [-0.15, -0.1) is 0 Å². The molecule has 0 bridgehead atoms. The maximum Gasteiger partial charge on any atom is 0.241 e. The van der Waals surface area contributed by atoms with Crippen molar-refractivity contribution in [2.75, 3.05) is 16.8 Å². The molecule has 31 heavy (non-hydrogen) atoms. The van der Waals surface area contributed by atoms with E-state index in [0.717, 1.165) is 16.8 Å². The van der Waals surface area contributed by atoms with E-state index < -0.39 is 21.5 Å². The Hall–Kier alpha value is -2.71. The van der Waals surface area contributed by atoms with Gasteiger partial charge in [0.15, 0.2) is 0 Å². The predicted molar refractivity (Wildman–Crippen MR) is 122 cm³/mol. The molecule has 0 saturated carbocycles. The van der Waals surface area contributed by atoms with Crippen molar-refractivity contribution in [3.8, 4) is 0 Å². The quantitative estimate of drug-likeness (QED) is 0.741. The van der Waals surface area contributed by atoms with Gasteiger partial charge in [-0.2, -0.15) is 0 Å². The molecule has 1 unspecified atom stereocenters. The largest absolute Gasteiger partial charge is 0.326 e. The van der Waals surface area contributed by atoms with Crippen LogP contribution in [-0.4, -0.2) is 32.3 Å². The molecule has 1 saturated heterocycles. The second kappa shape index (κ2) is 8.43. The number of rotatable bonds is 5. The van der Waals surface area contributed by atoms with Gasteiger partial charge < -0.3 is 10.2 Å². The average Bonchev–Trinajstić information content (AvgIpc) is 3.02. The number of nitrogens with one attached hydrogen (secondary N) is 2. The normalized spacial score (nSPS) is 17.1. The van der Waals surface area contributed by atoms with Gasteiger partial charge in [-0.1, -0.05) is 17.7 Å². The van der Waals surface area contributed by atoms with E-state index in [1.807, 2.05) is 32.0 Å². The van der Waals surface area contributed by atoms with Gasteiger partial charge in [0.25, 0.3) is 0 Å². The minimum absolute atomic E-state index is 0.0817. The molecule has 1 fully saturated rings. The molecule has 2 aromatic rings. The highest BCUT2D eigenvalue weighted by atomic mass is 32.2. The SMILES string of the molecule is Cc1ccc(N2CC(C(=O)Nc3ccc(S(=O)(=O)NC(C)(C)C)cc3)CC2=O)c(C)c1. The maximum atomic E-state index is 12.7. The first kappa shape index (κ1) is 23.0. The zero-order chi connectivity index (χ0) is 23.0. The van der Waals surface area contributed by atoms with E-state index in [-0.39, 0.29) is 23.1 Å². The second-order valence-electron chi connectivity index (χ2n) is 9.06. The fourth-order valence-electron chi connectivity index (χ4n) is 3.65. The van der Waals surface area contributed by atoms with Gasteiger partial charge in [-0.05, 0) is 70.5 Å². The minimum atomic E-state index is -3.65. The number of carbonyl (C=O) groups excluding carboxylic acids is 2. The van der Waals surface area contributed by atoms with Crippen LogP contribution in [0.2, 0.25) is 0 Å². The fourth-order valence-corrected chi connectivity index (χ4v) is 5.07. The lowest BCUT2D eigenvalue weighted by Crippen LogP contribution is -2.40.